The van der Waals surface area contributed by atoms with Crippen molar-refractivity contribution in [1.29, 1.82) is 0 Å². The van der Waals surface area contributed by atoms with Crippen LogP contribution in [-0.2, 0) is 6.54 Å². The Balaban J connectivity index is 2.01. The Kier molecular flexibility index (Phi) is 5.67. The van der Waals surface area contributed by atoms with Gasteiger partial charge in [0.15, 0.2) is 0 Å². The summed E-state index contributed by atoms with van der Waals surface area (Å²) in [7, 11) is 1.67. The molecule has 0 aliphatic heterocycles. The Morgan fingerprint density at radius 3 is 2.71 bits per heavy atom. The van der Waals surface area contributed by atoms with E-state index >= 15 is 0 Å². The molecule has 0 atom stereocenters. The molecule has 114 valence electrons. The maximum atomic E-state index is 5.26. The number of nitrogens with zero attached hydrogens (tertiary/aromatic N) is 2. The largest absolute Gasteiger partial charge is 0.497 e. The molecule has 1 aromatic carbocycles. The number of hydrogen-bond donors (Lipinski definition) is 1. The van der Waals surface area contributed by atoms with E-state index in [2.05, 4.69) is 57.1 Å². The number of anilines is 1. The standard InChI is InChI=1S/C16H22BrN3O/c1-4-15(5-2)20-7-6-13(19-20)11-18-14-8-12(17)9-16(10-14)21-3/h6-10,15,18H,4-5,11H2,1-3H3. The van der Waals surface area contributed by atoms with Crippen LogP contribution in [0.3, 0.4) is 0 Å². The number of halogens is 1. The van der Waals surface area contributed by atoms with Gasteiger partial charge in [-0.25, -0.2) is 0 Å². The Hall–Kier alpha value is -1.49. The number of methoxy groups -OCH3 is 1. The summed E-state index contributed by atoms with van der Waals surface area (Å²) in [5, 5.41) is 8.02. The van der Waals surface area contributed by atoms with Crippen molar-refractivity contribution >= 4 is 21.6 Å². The van der Waals surface area contributed by atoms with E-state index in [0.29, 0.717) is 12.6 Å². The van der Waals surface area contributed by atoms with Crippen molar-refractivity contribution in [3.8, 4) is 5.75 Å². The van der Waals surface area contributed by atoms with Crippen LogP contribution in [0.4, 0.5) is 5.69 Å². The molecular formula is C16H22BrN3O. The molecule has 1 aromatic heterocycles. The van der Waals surface area contributed by atoms with Crippen LogP contribution in [0.1, 0.15) is 38.4 Å². The third kappa shape index (κ3) is 4.24. The Bertz CT molecular complexity index is 579. The monoisotopic (exact) mass is 351 g/mol. The van der Waals surface area contributed by atoms with Crippen LogP contribution in [0.5, 0.6) is 5.75 Å². The first-order valence-electron chi connectivity index (χ1n) is 7.28. The van der Waals surface area contributed by atoms with Crippen molar-refractivity contribution in [2.75, 3.05) is 12.4 Å². The quantitative estimate of drug-likeness (QED) is 0.790. The van der Waals surface area contributed by atoms with Crippen molar-refractivity contribution in [2.45, 2.75) is 39.3 Å². The molecule has 21 heavy (non-hydrogen) atoms. The minimum absolute atomic E-state index is 0.490. The zero-order valence-corrected chi connectivity index (χ0v) is 14.4. The smallest absolute Gasteiger partial charge is 0.122 e. The fraction of sp³-hybridized carbons (Fsp3) is 0.438. The maximum Gasteiger partial charge on any atom is 0.122 e. The van der Waals surface area contributed by atoms with Crippen molar-refractivity contribution in [3.63, 3.8) is 0 Å². The number of aromatic nitrogens is 2. The molecule has 0 unspecified atom stereocenters. The second-order valence-corrected chi connectivity index (χ2v) is 5.91. The molecule has 2 rings (SSSR count). The number of ether oxygens (including phenoxy) is 1. The predicted octanol–water partition coefficient (Wildman–Crippen LogP) is 4.63. The molecule has 2 aromatic rings. The highest BCUT2D eigenvalue weighted by Gasteiger charge is 2.08. The SMILES string of the molecule is CCC(CC)n1ccc(CNc2cc(Br)cc(OC)c2)n1. The first kappa shape index (κ1) is 15.9. The van der Waals surface area contributed by atoms with Crippen LogP contribution < -0.4 is 10.1 Å². The zero-order valence-electron chi connectivity index (χ0n) is 12.8. The summed E-state index contributed by atoms with van der Waals surface area (Å²) in [4.78, 5) is 0. The minimum Gasteiger partial charge on any atom is -0.497 e. The minimum atomic E-state index is 0.490. The second kappa shape index (κ2) is 7.50. The average molecular weight is 352 g/mol. The van der Waals surface area contributed by atoms with Crippen molar-refractivity contribution in [2.24, 2.45) is 0 Å². The third-order valence-corrected chi connectivity index (χ3v) is 4.02. The van der Waals surface area contributed by atoms with Gasteiger partial charge in [0.05, 0.1) is 25.4 Å². The van der Waals surface area contributed by atoms with Crippen LogP contribution in [0.25, 0.3) is 0 Å². The lowest BCUT2D eigenvalue weighted by atomic mass is 10.2. The van der Waals surface area contributed by atoms with Gasteiger partial charge in [-0.3, -0.25) is 4.68 Å². The number of hydrogen-bond acceptors (Lipinski definition) is 3. The van der Waals surface area contributed by atoms with E-state index < -0.39 is 0 Å². The number of benzene rings is 1. The van der Waals surface area contributed by atoms with Gasteiger partial charge in [-0.05, 0) is 31.0 Å². The second-order valence-electron chi connectivity index (χ2n) is 4.99. The van der Waals surface area contributed by atoms with Crippen LogP contribution >= 0.6 is 15.9 Å². The van der Waals surface area contributed by atoms with Gasteiger partial charge in [-0.1, -0.05) is 29.8 Å². The summed E-state index contributed by atoms with van der Waals surface area (Å²) in [5.41, 5.74) is 2.05. The molecule has 0 saturated carbocycles. The van der Waals surface area contributed by atoms with Gasteiger partial charge < -0.3 is 10.1 Å². The summed E-state index contributed by atoms with van der Waals surface area (Å²) < 4.78 is 8.32. The van der Waals surface area contributed by atoms with Gasteiger partial charge in [0.25, 0.3) is 0 Å². The molecule has 0 amide bonds. The van der Waals surface area contributed by atoms with E-state index in [1.165, 1.54) is 0 Å². The molecule has 1 heterocycles. The van der Waals surface area contributed by atoms with Crippen LogP contribution in [0.2, 0.25) is 0 Å². The fourth-order valence-corrected chi connectivity index (χ4v) is 2.79. The van der Waals surface area contributed by atoms with Crippen molar-refractivity contribution in [3.05, 3.63) is 40.6 Å². The molecule has 0 fully saturated rings. The molecule has 4 nitrogen and oxygen atoms in total. The summed E-state index contributed by atoms with van der Waals surface area (Å²) in [5.74, 6) is 0.828. The van der Waals surface area contributed by atoms with E-state index in [1.54, 1.807) is 7.11 Å². The predicted molar refractivity (Wildman–Crippen MR) is 89.9 cm³/mol. The molecular weight excluding hydrogens is 330 g/mol. The molecule has 5 heteroatoms. The van der Waals surface area contributed by atoms with Gasteiger partial charge in [-0.15, -0.1) is 0 Å². The molecule has 0 aliphatic carbocycles. The van der Waals surface area contributed by atoms with Crippen LogP contribution in [-0.4, -0.2) is 16.9 Å². The Morgan fingerprint density at radius 2 is 2.05 bits per heavy atom. The van der Waals surface area contributed by atoms with E-state index in [1.807, 2.05) is 18.2 Å². The van der Waals surface area contributed by atoms with Gasteiger partial charge in [0, 0.05) is 22.4 Å². The molecule has 0 radical (unpaired) electrons. The third-order valence-electron chi connectivity index (χ3n) is 3.56. The lowest BCUT2D eigenvalue weighted by molar-refractivity contribution is 0.414. The number of nitrogens with one attached hydrogen (secondary N) is 1. The van der Waals surface area contributed by atoms with E-state index in [9.17, 15) is 0 Å². The highest BCUT2D eigenvalue weighted by molar-refractivity contribution is 9.10. The Morgan fingerprint density at radius 1 is 1.29 bits per heavy atom. The highest BCUT2D eigenvalue weighted by Crippen LogP contribution is 2.24. The van der Waals surface area contributed by atoms with E-state index in [-0.39, 0.29) is 0 Å². The van der Waals surface area contributed by atoms with E-state index in [4.69, 9.17) is 4.74 Å². The summed E-state index contributed by atoms with van der Waals surface area (Å²) in [6.45, 7) is 5.09. The summed E-state index contributed by atoms with van der Waals surface area (Å²) in [6.07, 6.45) is 4.28. The summed E-state index contributed by atoms with van der Waals surface area (Å²) in [6, 6.07) is 8.50. The van der Waals surface area contributed by atoms with Gasteiger partial charge >= 0.3 is 0 Å². The first-order chi connectivity index (χ1) is 10.2. The Labute approximate surface area is 134 Å². The topological polar surface area (TPSA) is 39.1 Å². The maximum absolute atomic E-state index is 5.26. The van der Waals surface area contributed by atoms with Crippen molar-refractivity contribution in [1.82, 2.24) is 9.78 Å². The first-order valence-corrected chi connectivity index (χ1v) is 8.08. The zero-order chi connectivity index (χ0) is 15.2. The van der Waals surface area contributed by atoms with E-state index in [0.717, 1.165) is 34.4 Å². The molecule has 1 N–H and O–H groups in total. The lowest BCUT2D eigenvalue weighted by Gasteiger charge is -2.12. The highest BCUT2D eigenvalue weighted by atomic mass is 79.9. The molecule has 0 saturated heterocycles. The van der Waals surface area contributed by atoms with Gasteiger partial charge in [0.1, 0.15) is 5.75 Å². The van der Waals surface area contributed by atoms with Crippen LogP contribution in [0.15, 0.2) is 34.9 Å². The fourth-order valence-electron chi connectivity index (χ4n) is 2.31. The molecule has 0 bridgehead atoms. The molecule has 0 aliphatic rings. The van der Waals surface area contributed by atoms with Gasteiger partial charge in [-0.2, -0.15) is 5.10 Å². The van der Waals surface area contributed by atoms with Gasteiger partial charge in [0.2, 0.25) is 0 Å². The van der Waals surface area contributed by atoms with Crippen molar-refractivity contribution < 1.29 is 4.74 Å². The van der Waals surface area contributed by atoms with Crippen LogP contribution in [0, 0.1) is 0 Å². The normalized spacial score (nSPS) is 10.9. The lowest BCUT2D eigenvalue weighted by Crippen LogP contribution is -2.09. The number of rotatable bonds is 7. The molecule has 0 spiro atoms. The summed E-state index contributed by atoms with van der Waals surface area (Å²) >= 11 is 3.48. The average Bonchev–Trinajstić information content (AvgIpc) is 2.94.